The first-order valence-corrected chi connectivity index (χ1v) is 15.4. The number of carbonyl (C=O) groups is 4. The maximum atomic E-state index is 14.1. The van der Waals surface area contributed by atoms with Gasteiger partial charge in [0.15, 0.2) is 0 Å². The summed E-state index contributed by atoms with van der Waals surface area (Å²) in [7, 11) is 0. The van der Waals surface area contributed by atoms with E-state index in [1.54, 1.807) is 11.0 Å². The van der Waals surface area contributed by atoms with E-state index in [9.17, 15) is 24.3 Å². The van der Waals surface area contributed by atoms with E-state index in [-0.39, 0.29) is 52.5 Å². The molecule has 8 nitrogen and oxygen atoms in total. The zero-order valence-electron chi connectivity index (χ0n) is 24.1. The van der Waals surface area contributed by atoms with Crippen LogP contribution < -0.4 is 10.2 Å². The van der Waals surface area contributed by atoms with Crippen molar-refractivity contribution in [2.75, 3.05) is 4.90 Å². The third kappa shape index (κ3) is 7.87. The number of carboxylic acid groups (broad SMARTS) is 1. The van der Waals surface area contributed by atoms with Crippen LogP contribution in [0.15, 0.2) is 6.07 Å². The van der Waals surface area contributed by atoms with Gasteiger partial charge < -0.3 is 20.1 Å². The van der Waals surface area contributed by atoms with Crippen LogP contribution in [-0.2, 0) is 14.3 Å². The van der Waals surface area contributed by atoms with Crippen LogP contribution in [0.2, 0.25) is 0 Å². The summed E-state index contributed by atoms with van der Waals surface area (Å²) in [6.45, 7) is 8.22. The molecule has 0 unspecified atom stereocenters. The first-order valence-electron chi connectivity index (χ1n) is 14.6. The van der Waals surface area contributed by atoms with Crippen molar-refractivity contribution in [3.8, 4) is 11.8 Å². The number of nitrogens with zero attached hydrogens (tertiary/aromatic N) is 1. The number of thiophene rings is 1. The van der Waals surface area contributed by atoms with Crippen molar-refractivity contribution in [2.24, 2.45) is 17.3 Å². The van der Waals surface area contributed by atoms with Crippen molar-refractivity contribution >= 4 is 40.8 Å². The summed E-state index contributed by atoms with van der Waals surface area (Å²) in [5.74, 6) is 5.85. The molecule has 3 aliphatic rings. The molecule has 1 aromatic rings. The minimum Gasteiger partial charge on any atom is -0.477 e. The molecule has 0 radical (unpaired) electrons. The fraction of sp³-hybridized carbons (Fsp3) is 0.677. The van der Waals surface area contributed by atoms with Gasteiger partial charge in [-0.2, -0.15) is 0 Å². The summed E-state index contributed by atoms with van der Waals surface area (Å²) in [6.07, 6.45) is 6.65. The molecule has 1 heterocycles. The Morgan fingerprint density at radius 1 is 1.05 bits per heavy atom. The van der Waals surface area contributed by atoms with Gasteiger partial charge in [0.1, 0.15) is 16.8 Å². The van der Waals surface area contributed by atoms with E-state index < -0.39 is 12.1 Å². The van der Waals surface area contributed by atoms with E-state index in [4.69, 9.17) is 4.74 Å². The number of ketones is 1. The molecule has 3 aliphatic carbocycles. The highest BCUT2D eigenvalue weighted by atomic mass is 32.1. The number of ether oxygens (including phenoxy) is 1. The summed E-state index contributed by atoms with van der Waals surface area (Å²) in [5, 5.41) is 13.0. The predicted octanol–water partition coefficient (Wildman–Crippen LogP) is 6.16. The SMILES string of the molecule is CC1CCC(C(=O)N(c2cc(C#CC(C)(C)C)sc2C(=O)O)C2CCC(NC(=O)O[C@@H]3CCC(=O)C3)CC2)CC1. The molecule has 218 valence electrons. The number of anilines is 1. The molecule has 1 aromatic heterocycles. The average molecular weight is 571 g/mol. The maximum absolute atomic E-state index is 14.1. The van der Waals surface area contributed by atoms with Crippen LogP contribution in [0.1, 0.15) is 113 Å². The molecule has 1 atom stereocenters. The van der Waals surface area contributed by atoms with Crippen LogP contribution in [0.4, 0.5) is 10.5 Å². The summed E-state index contributed by atoms with van der Waals surface area (Å²) < 4.78 is 5.43. The number of rotatable bonds is 6. The zero-order chi connectivity index (χ0) is 29.0. The highest BCUT2D eigenvalue weighted by Crippen LogP contribution is 2.39. The molecule has 2 amide bonds. The van der Waals surface area contributed by atoms with Crippen LogP contribution in [-0.4, -0.2) is 47.0 Å². The third-order valence-electron chi connectivity index (χ3n) is 8.19. The van der Waals surface area contributed by atoms with Gasteiger partial charge >= 0.3 is 12.1 Å². The number of hydrogen-bond acceptors (Lipinski definition) is 6. The lowest BCUT2D eigenvalue weighted by molar-refractivity contribution is -0.124. The molecular weight excluding hydrogens is 528 g/mol. The molecule has 4 rings (SSSR count). The minimum atomic E-state index is -1.05. The van der Waals surface area contributed by atoms with Crippen LogP contribution in [0.25, 0.3) is 0 Å². The number of amides is 2. The molecule has 0 bridgehead atoms. The molecule has 3 fully saturated rings. The monoisotopic (exact) mass is 570 g/mol. The molecule has 0 aliphatic heterocycles. The molecule has 3 saturated carbocycles. The smallest absolute Gasteiger partial charge is 0.407 e. The number of alkyl carbamates (subject to hydrolysis) is 1. The number of Topliss-reactive ketones (excluding diaryl/α,β-unsaturated/α-hetero) is 1. The average Bonchev–Trinajstić information content (AvgIpc) is 3.50. The summed E-state index contributed by atoms with van der Waals surface area (Å²) in [5.41, 5.74) is 0.211. The van der Waals surface area contributed by atoms with Gasteiger partial charge in [-0.1, -0.05) is 18.8 Å². The second-order valence-corrected chi connectivity index (χ2v) is 13.8. The Morgan fingerprint density at radius 3 is 2.30 bits per heavy atom. The molecule has 0 spiro atoms. The predicted molar refractivity (Wildman–Crippen MR) is 155 cm³/mol. The van der Waals surface area contributed by atoms with Gasteiger partial charge in [0.2, 0.25) is 5.91 Å². The highest BCUT2D eigenvalue weighted by Gasteiger charge is 2.38. The minimum absolute atomic E-state index is 0.00394. The maximum Gasteiger partial charge on any atom is 0.407 e. The first-order chi connectivity index (χ1) is 18.9. The van der Waals surface area contributed by atoms with Gasteiger partial charge in [0.05, 0.1) is 10.6 Å². The van der Waals surface area contributed by atoms with Crippen molar-refractivity contribution in [3.05, 3.63) is 15.8 Å². The number of carboxylic acids is 1. The molecule has 0 saturated heterocycles. The summed E-state index contributed by atoms with van der Waals surface area (Å²) in [4.78, 5) is 52.9. The number of hydrogen-bond donors (Lipinski definition) is 2. The van der Waals surface area contributed by atoms with Crippen LogP contribution in [0.3, 0.4) is 0 Å². The fourth-order valence-electron chi connectivity index (χ4n) is 5.93. The summed E-state index contributed by atoms with van der Waals surface area (Å²) >= 11 is 1.12. The fourth-order valence-corrected chi connectivity index (χ4v) is 6.78. The normalized spacial score (nSPS) is 26.9. The number of carbonyl (C=O) groups excluding carboxylic acids is 3. The van der Waals surface area contributed by atoms with Crippen LogP contribution in [0.5, 0.6) is 0 Å². The van der Waals surface area contributed by atoms with Crippen molar-refractivity contribution in [1.82, 2.24) is 5.32 Å². The van der Waals surface area contributed by atoms with E-state index in [0.717, 1.165) is 37.0 Å². The number of nitrogens with one attached hydrogen (secondary N) is 1. The van der Waals surface area contributed by atoms with Crippen molar-refractivity contribution in [1.29, 1.82) is 0 Å². The van der Waals surface area contributed by atoms with E-state index in [1.165, 1.54) is 0 Å². The summed E-state index contributed by atoms with van der Waals surface area (Å²) in [6, 6.07) is 1.52. The van der Waals surface area contributed by atoms with E-state index in [2.05, 4.69) is 24.1 Å². The van der Waals surface area contributed by atoms with Crippen molar-refractivity contribution in [3.63, 3.8) is 0 Å². The van der Waals surface area contributed by atoms with Crippen LogP contribution in [0, 0.1) is 29.1 Å². The second kappa shape index (κ2) is 12.8. The molecule has 0 aromatic carbocycles. The Morgan fingerprint density at radius 2 is 1.73 bits per heavy atom. The molecule has 2 N–H and O–H groups in total. The van der Waals surface area contributed by atoms with E-state index >= 15 is 0 Å². The largest absolute Gasteiger partial charge is 0.477 e. The Balaban J connectivity index is 1.52. The lowest BCUT2D eigenvalue weighted by Gasteiger charge is -2.39. The quantitative estimate of drug-likeness (QED) is 0.396. The highest BCUT2D eigenvalue weighted by molar-refractivity contribution is 7.15. The molecular formula is C31H42N2O6S. The lowest BCUT2D eigenvalue weighted by Crippen LogP contribution is -2.49. The van der Waals surface area contributed by atoms with Gasteiger partial charge in [0, 0.05) is 36.3 Å². The topological polar surface area (TPSA) is 113 Å². The van der Waals surface area contributed by atoms with Gasteiger partial charge in [0.25, 0.3) is 0 Å². The Kier molecular flexibility index (Phi) is 9.60. The lowest BCUT2D eigenvalue weighted by atomic mass is 9.81. The standard InChI is InChI=1S/C31H42N2O6S/c1-19-5-7-20(8-6-19)28(35)33(26-18-25(15-16-31(2,3)4)40-27(26)29(36)37)22-11-9-21(10-12-22)32-30(38)39-24-14-13-23(34)17-24/h18-22,24H,5-14,17H2,1-4H3,(H,32,38)(H,36,37)/t19?,20?,21?,22?,24-/m1/s1. The van der Waals surface area contributed by atoms with Gasteiger partial charge in [-0.15, -0.1) is 11.3 Å². The second-order valence-electron chi connectivity index (χ2n) is 12.8. The van der Waals surface area contributed by atoms with E-state index in [0.29, 0.717) is 55.0 Å². The third-order valence-corrected chi connectivity index (χ3v) is 9.22. The zero-order valence-corrected chi connectivity index (χ0v) is 24.9. The molecule has 40 heavy (non-hydrogen) atoms. The Bertz CT molecular complexity index is 1170. The van der Waals surface area contributed by atoms with Gasteiger partial charge in [-0.05, 0) is 90.5 Å². The number of aromatic carboxylic acids is 1. The Labute approximate surface area is 241 Å². The van der Waals surface area contributed by atoms with Crippen molar-refractivity contribution in [2.45, 2.75) is 117 Å². The first kappa shape index (κ1) is 30.1. The van der Waals surface area contributed by atoms with Gasteiger partial charge in [-0.3, -0.25) is 9.59 Å². The molecule has 9 heteroatoms. The van der Waals surface area contributed by atoms with Crippen LogP contribution >= 0.6 is 11.3 Å². The van der Waals surface area contributed by atoms with E-state index in [1.807, 2.05) is 20.8 Å². The van der Waals surface area contributed by atoms with Crippen molar-refractivity contribution < 1.29 is 29.0 Å². The van der Waals surface area contributed by atoms with Gasteiger partial charge in [-0.25, -0.2) is 9.59 Å². The Hall–Kier alpha value is -2.86.